The second-order valence-electron chi connectivity index (χ2n) is 14.3. The van der Waals surface area contributed by atoms with E-state index in [0.29, 0.717) is 29.5 Å². The Morgan fingerprint density at radius 2 is 0.987 bits per heavy atom. The van der Waals surface area contributed by atoms with Gasteiger partial charge in [-0.05, 0) is 120 Å². The van der Waals surface area contributed by atoms with Crippen LogP contribution in [0, 0.1) is 13.8 Å². The minimum Gasteiger partial charge on any atom is -0.358 e. The average Bonchev–Trinajstić information content (AvgIpc) is 4.10. The van der Waals surface area contributed by atoms with Crippen molar-refractivity contribution in [1.29, 1.82) is 0 Å². The zero-order valence-corrected chi connectivity index (χ0v) is 47.0. The van der Waals surface area contributed by atoms with Crippen LogP contribution in [0.5, 0.6) is 0 Å². The number of aryl methyl sites for hydroxylation is 2. The molecule has 24 heteroatoms. The molecular formula is C52H57N9O9S6. The summed E-state index contributed by atoms with van der Waals surface area (Å²) in [5.41, 5.74) is 8.58. The molecule has 18 nitrogen and oxygen atoms in total. The number of anilines is 2. The maximum atomic E-state index is 11.7. The van der Waals surface area contributed by atoms with Crippen LogP contribution >= 0.6 is 64.8 Å². The van der Waals surface area contributed by atoms with Gasteiger partial charge >= 0.3 is 0 Å². The van der Waals surface area contributed by atoms with E-state index in [1.54, 1.807) is 44.7 Å². The van der Waals surface area contributed by atoms with E-state index >= 15 is 0 Å². The van der Waals surface area contributed by atoms with E-state index in [2.05, 4.69) is 25.6 Å². The number of rotatable bonds is 15. The van der Waals surface area contributed by atoms with Gasteiger partial charge in [-0.1, -0.05) is 92.9 Å². The van der Waals surface area contributed by atoms with Gasteiger partial charge in [0, 0.05) is 74.3 Å². The number of aldehydes is 1. The van der Waals surface area contributed by atoms with Gasteiger partial charge in [0.15, 0.2) is 0 Å². The Morgan fingerprint density at radius 1 is 0.579 bits per heavy atom. The third-order valence-electron chi connectivity index (χ3n) is 8.43. The number of aromatic nitrogens is 3. The van der Waals surface area contributed by atoms with E-state index in [-0.39, 0.29) is 47.3 Å². The lowest BCUT2D eigenvalue weighted by Crippen LogP contribution is -2.29. The topological polar surface area (TPSA) is 261 Å². The number of imide groups is 3. The number of nitrogens with one attached hydrogen (secondary N) is 3. The number of likely N-dealkylation sites (N-methyl/N-ethyl adjacent to an activating group) is 1. The number of hydrogen-bond acceptors (Lipinski definition) is 19. The summed E-state index contributed by atoms with van der Waals surface area (Å²) >= 11 is 0. The van der Waals surface area contributed by atoms with Gasteiger partial charge in [-0.3, -0.25) is 48.6 Å². The number of benzene rings is 2. The lowest BCUT2D eigenvalue weighted by molar-refractivity contribution is -0.136. The van der Waals surface area contributed by atoms with Crippen LogP contribution in [-0.4, -0.2) is 111 Å². The van der Waals surface area contributed by atoms with Crippen LogP contribution in [-0.2, 0) is 43.2 Å². The monoisotopic (exact) mass is 1140 g/mol. The van der Waals surface area contributed by atoms with E-state index in [1.165, 1.54) is 112 Å². The molecule has 0 saturated carbocycles. The van der Waals surface area contributed by atoms with Gasteiger partial charge in [0.2, 0.25) is 11.8 Å². The number of carbonyl (C=O) groups excluding carboxylic acids is 9. The van der Waals surface area contributed by atoms with Crippen molar-refractivity contribution in [3.63, 3.8) is 0 Å². The first kappa shape index (κ1) is 65.3. The van der Waals surface area contributed by atoms with Crippen LogP contribution in [0.4, 0.5) is 11.4 Å². The molecule has 8 amide bonds. The van der Waals surface area contributed by atoms with Crippen molar-refractivity contribution in [2.75, 3.05) is 47.6 Å². The maximum absolute atomic E-state index is 11.7. The van der Waals surface area contributed by atoms with Gasteiger partial charge in [-0.25, -0.2) is 19.9 Å². The van der Waals surface area contributed by atoms with Crippen molar-refractivity contribution in [3.05, 3.63) is 169 Å². The van der Waals surface area contributed by atoms with Crippen molar-refractivity contribution >= 4 is 130 Å². The molecule has 0 bridgehead atoms. The molecule has 8 rings (SSSR count). The highest BCUT2D eigenvalue weighted by Gasteiger charge is 2.24. The fourth-order valence-electron chi connectivity index (χ4n) is 4.95. The normalized spacial score (nSPS) is 12.3. The molecule has 76 heavy (non-hydrogen) atoms. The molecule has 6 heterocycles. The summed E-state index contributed by atoms with van der Waals surface area (Å²) in [6.45, 7) is 8.86. The zero-order valence-electron chi connectivity index (χ0n) is 42.1. The highest BCUT2D eigenvalue weighted by atomic mass is 33.1. The first-order chi connectivity index (χ1) is 36.6. The standard InChI is InChI=1S/C14H14N2OS2.C11H9NO2.C8H10N2OS2.C7H7NOS2.C6H7NO2.C4H3NO2.C2H7N/c1-11-5-7-12(8-6-11)16-13(17)10-18-19-14-4-2-3-9-15-14;1-8-2-4-9(5-3-8)12-10(13)6-7-11(12)14;1-9-7(11)6-12-13-8-4-2-3-5-10-8;9-5-6-10-11-7-3-1-2-4-8-7;1-2-7-5(8)3-4-6(7)9;6-3-1-2-4(7)5-3;1-2-3/h2-9H,10H2,1H3,(H,16,17);2-7H,1H3;2-5H,6H2,1H3,(H,9,11);1-5H,6H2;3-4H,2H2,1H3;1-2H,(H,5,6,7);2-3H2,1H3. The molecule has 0 spiro atoms. The minimum absolute atomic E-state index is 0.00251. The Kier molecular flexibility index (Phi) is 34.0. The van der Waals surface area contributed by atoms with Crippen molar-refractivity contribution in [3.8, 4) is 0 Å². The van der Waals surface area contributed by atoms with Crippen LogP contribution in [0.2, 0.25) is 0 Å². The predicted octanol–water partition coefficient (Wildman–Crippen LogP) is 7.88. The number of carbonyl (C=O) groups is 9. The summed E-state index contributed by atoms with van der Waals surface area (Å²) in [6, 6.07) is 32.2. The number of nitrogens with two attached hydrogens (primary N) is 1. The number of pyridine rings is 3. The predicted molar refractivity (Wildman–Crippen MR) is 309 cm³/mol. The minimum atomic E-state index is -0.329. The van der Waals surface area contributed by atoms with Gasteiger partial charge in [-0.2, -0.15) is 0 Å². The van der Waals surface area contributed by atoms with Crippen LogP contribution in [0.1, 0.15) is 25.0 Å². The van der Waals surface area contributed by atoms with Crippen molar-refractivity contribution in [1.82, 2.24) is 30.5 Å². The molecular weight excluding hydrogens is 1090 g/mol. The van der Waals surface area contributed by atoms with Gasteiger partial charge in [0.1, 0.15) is 21.4 Å². The first-order valence-corrected chi connectivity index (χ1v) is 29.6. The van der Waals surface area contributed by atoms with Gasteiger partial charge in [0.05, 0.1) is 22.9 Å². The van der Waals surface area contributed by atoms with E-state index in [0.717, 1.165) is 44.1 Å². The Morgan fingerprint density at radius 3 is 1.34 bits per heavy atom. The maximum Gasteiger partial charge on any atom is 0.258 e. The van der Waals surface area contributed by atoms with Crippen LogP contribution < -0.4 is 26.6 Å². The van der Waals surface area contributed by atoms with Gasteiger partial charge in [0.25, 0.3) is 35.4 Å². The molecule has 3 aliphatic rings. The molecule has 0 radical (unpaired) electrons. The smallest absolute Gasteiger partial charge is 0.258 e. The quantitative estimate of drug-likeness (QED) is 0.0336. The molecule has 3 aliphatic heterocycles. The van der Waals surface area contributed by atoms with Crippen molar-refractivity contribution in [2.45, 2.75) is 42.8 Å². The van der Waals surface area contributed by atoms with Crippen molar-refractivity contribution in [2.24, 2.45) is 5.73 Å². The Balaban J connectivity index is 0.000000316. The number of amides is 8. The SMILES string of the molecule is CCN.CCN1C(=O)C=CC1=O.CNC(=O)CSSc1ccccn1.Cc1ccc(N2C(=O)C=CC2=O)cc1.Cc1ccc(NC(=O)CSSc2ccccn2)cc1.O=C1C=CC(=O)N1.O=CCSSc1ccccn1. The molecule has 2 aromatic carbocycles. The first-order valence-electron chi connectivity index (χ1n) is 22.7. The second kappa shape index (κ2) is 39.6. The van der Waals surface area contributed by atoms with Gasteiger partial charge in [-0.15, -0.1) is 0 Å². The largest absolute Gasteiger partial charge is 0.358 e. The zero-order chi connectivity index (χ0) is 55.9. The van der Waals surface area contributed by atoms with E-state index in [4.69, 9.17) is 5.73 Å². The van der Waals surface area contributed by atoms with Crippen LogP contribution in [0.3, 0.4) is 0 Å². The summed E-state index contributed by atoms with van der Waals surface area (Å²) in [7, 11) is 10.6. The molecule has 0 saturated heterocycles. The third-order valence-corrected chi connectivity index (χ3v) is 14.8. The highest BCUT2D eigenvalue weighted by molar-refractivity contribution is 8.77. The van der Waals surface area contributed by atoms with Crippen LogP contribution in [0.25, 0.3) is 0 Å². The Bertz CT molecular complexity index is 2660. The van der Waals surface area contributed by atoms with Crippen LogP contribution in [0.15, 0.2) is 173 Å². The fourth-order valence-corrected chi connectivity index (χ4v) is 10.0. The van der Waals surface area contributed by atoms with E-state index in [9.17, 15) is 43.2 Å². The second-order valence-corrected chi connectivity index (χ2v) is 21.3. The van der Waals surface area contributed by atoms with Crippen molar-refractivity contribution < 1.29 is 43.2 Å². The Labute approximate surface area is 465 Å². The summed E-state index contributed by atoms with van der Waals surface area (Å²) in [4.78, 5) is 111. The summed E-state index contributed by atoms with van der Waals surface area (Å²) in [5.74, 6) is -0.225. The van der Waals surface area contributed by atoms with E-state index in [1.807, 2.05) is 117 Å². The van der Waals surface area contributed by atoms with Gasteiger partial charge < -0.3 is 21.2 Å². The summed E-state index contributed by atoms with van der Waals surface area (Å²) in [5, 5.41) is 10.2. The number of hydrogen-bond donors (Lipinski definition) is 4. The molecule has 5 N–H and O–H groups in total. The summed E-state index contributed by atoms with van der Waals surface area (Å²) in [6.07, 6.45) is 13.6. The Hall–Kier alpha value is -6.80. The molecule has 0 aliphatic carbocycles. The lowest BCUT2D eigenvalue weighted by Gasteiger charge is -2.13. The molecule has 400 valence electrons. The van der Waals surface area contributed by atoms with E-state index < -0.39 is 0 Å². The molecule has 5 aromatic rings. The average molecular weight is 1140 g/mol. The number of nitrogens with zero attached hydrogens (tertiary/aromatic N) is 5. The highest BCUT2D eigenvalue weighted by Crippen LogP contribution is 2.30. The molecule has 0 fully saturated rings. The molecule has 0 atom stereocenters. The molecule has 0 unspecified atom stereocenters. The third kappa shape index (κ3) is 28.8. The summed E-state index contributed by atoms with van der Waals surface area (Å²) < 4.78 is 0. The fraction of sp³-hybridized carbons (Fsp3) is 0.192. The lowest BCUT2D eigenvalue weighted by atomic mass is 10.2. The molecule has 3 aromatic heterocycles.